The fraction of sp³-hybridized carbons (Fsp3) is 0.222. The Bertz CT molecular complexity index is 1020. The van der Waals surface area contributed by atoms with Crippen LogP contribution in [0.1, 0.15) is 5.56 Å². The van der Waals surface area contributed by atoms with E-state index in [4.69, 9.17) is 16.3 Å². The maximum absolute atomic E-state index is 12.5. The summed E-state index contributed by atoms with van der Waals surface area (Å²) in [6.45, 7) is 0.276. The van der Waals surface area contributed by atoms with E-state index in [1.165, 1.54) is 29.1 Å². The van der Waals surface area contributed by atoms with E-state index in [0.717, 1.165) is 5.56 Å². The van der Waals surface area contributed by atoms with Gasteiger partial charge in [-0.1, -0.05) is 23.7 Å². The standard InChI is InChI=1S/C18H16ClN3O5/c19-13-3-1-12(2-4-13)9-27-10-15(23)8-21-11-20-17-6-5-14(22(25)26)7-16(17)18(21)24/h1-7,11,15,23H,8-10H2/t15-/m1/s1. The number of nitro groups is 1. The van der Waals surface area contributed by atoms with Gasteiger partial charge in [-0.15, -0.1) is 0 Å². The van der Waals surface area contributed by atoms with Crippen LogP contribution in [0.25, 0.3) is 10.9 Å². The fourth-order valence-corrected chi connectivity index (χ4v) is 2.69. The summed E-state index contributed by atoms with van der Waals surface area (Å²) in [4.78, 5) is 26.9. The van der Waals surface area contributed by atoms with Crippen molar-refractivity contribution in [2.24, 2.45) is 0 Å². The summed E-state index contributed by atoms with van der Waals surface area (Å²) in [6.07, 6.45) is 0.367. The maximum atomic E-state index is 12.5. The van der Waals surface area contributed by atoms with E-state index in [-0.39, 0.29) is 24.2 Å². The molecule has 0 saturated heterocycles. The summed E-state index contributed by atoms with van der Waals surface area (Å²) < 4.78 is 6.66. The van der Waals surface area contributed by atoms with Gasteiger partial charge in [-0.3, -0.25) is 19.5 Å². The van der Waals surface area contributed by atoms with E-state index in [0.29, 0.717) is 17.1 Å². The van der Waals surface area contributed by atoms with E-state index in [1.807, 2.05) is 12.1 Å². The van der Waals surface area contributed by atoms with E-state index >= 15 is 0 Å². The van der Waals surface area contributed by atoms with Crippen molar-refractivity contribution in [3.05, 3.63) is 79.8 Å². The number of aromatic nitrogens is 2. The van der Waals surface area contributed by atoms with Gasteiger partial charge in [0.15, 0.2) is 0 Å². The number of benzene rings is 2. The zero-order valence-corrected chi connectivity index (χ0v) is 14.9. The molecule has 1 heterocycles. The molecule has 9 heteroatoms. The first-order chi connectivity index (χ1) is 12.9. The van der Waals surface area contributed by atoms with Crippen molar-refractivity contribution in [1.82, 2.24) is 9.55 Å². The number of fused-ring (bicyclic) bond motifs is 1. The number of non-ortho nitro benzene ring substituents is 1. The SMILES string of the molecule is O=c1c2cc([N+](=O)[O-])ccc2ncn1C[C@@H](O)COCc1ccc(Cl)cc1. The molecule has 0 aliphatic rings. The second-order valence-electron chi connectivity index (χ2n) is 5.96. The highest BCUT2D eigenvalue weighted by molar-refractivity contribution is 6.30. The monoisotopic (exact) mass is 389 g/mol. The molecule has 0 radical (unpaired) electrons. The van der Waals surface area contributed by atoms with Crippen LogP contribution < -0.4 is 5.56 Å². The first-order valence-electron chi connectivity index (χ1n) is 8.08. The van der Waals surface area contributed by atoms with Crippen LogP contribution in [0.3, 0.4) is 0 Å². The number of nitrogens with zero attached hydrogens (tertiary/aromatic N) is 3. The van der Waals surface area contributed by atoms with Crippen LogP contribution >= 0.6 is 11.6 Å². The molecule has 0 saturated carbocycles. The van der Waals surface area contributed by atoms with Crippen LogP contribution in [0.15, 0.2) is 53.6 Å². The first-order valence-corrected chi connectivity index (χ1v) is 8.45. The lowest BCUT2D eigenvalue weighted by Crippen LogP contribution is -2.29. The molecule has 0 aliphatic carbocycles. The Morgan fingerprint density at radius 2 is 2.00 bits per heavy atom. The van der Waals surface area contributed by atoms with Crippen molar-refractivity contribution in [2.75, 3.05) is 6.61 Å². The van der Waals surface area contributed by atoms with Gasteiger partial charge in [0.25, 0.3) is 11.2 Å². The minimum Gasteiger partial charge on any atom is -0.389 e. The predicted octanol–water partition coefficient (Wildman–Crippen LogP) is 2.54. The topological polar surface area (TPSA) is 107 Å². The van der Waals surface area contributed by atoms with Gasteiger partial charge in [-0.25, -0.2) is 4.98 Å². The molecule has 1 N–H and O–H groups in total. The van der Waals surface area contributed by atoms with Crippen LogP contribution in [0.2, 0.25) is 5.02 Å². The number of halogens is 1. The molecule has 140 valence electrons. The van der Waals surface area contributed by atoms with Crippen LogP contribution in [0, 0.1) is 10.1 Å². The van der Waals surface area contributed by atoms with Gasteiger partial charge < -0.3 is 9.84 Å². The van der Waals surface area contributed by atoms with Gasteiger partial charge in [0.05, 0.1) is 48.0 Å². The highest BCUT2D eigenvalue weighted by Gasteiger charge is 2.13. The van der Waals surface area contributed by atoms with Gasteiger partial charge in [-0.2, -0.15) is 0 Å². The average Bonchev–Trinajstić information content (AvgIpc) is 2.65. The molecule has 0 amide bonds. The lowest BCUT2D eigenvalue weighted by Gasteiger charge is -2.13. The lowest BCUT2D eigenvalue weighted by molar-refractivity contribution is -0.384. The highest BCUT2D eigenvalue weighted by atomic mass is 35.5. The van der Waals surface area contributed by atoms with Crippen molar-refractivity contribution in [1.29, 1.82) is 0 Å². The molecule has 0 bridgehead atoms. The molecule has 3 rings (SSSR count). The molecular weight excluding hydrogens is 374 g/mol. The Morgan fingerprint density at radius 1 is 1.26 bits per heavy atom. The highest BCUT2D eigenvalue weighted by Crippen LogP contribution is 2.16. The third-order valence-electron chi connectivity index (χ3n) is 3.92. The third-order valence-corrected chi connectivity index (χ3v) is 4.17. The van der Waals surface area contributed by atoms with E-state index in [9.17, 15) is 20.0 Å². The minimum absolute atomic E-state index is 0.0159. The Labute approximate surface area is 158 Å². The summed E-state index contributed by atoms with van der Waals surface area (Å²) in [5.74, 6) is 0. The summed E-state index contributed by atoms with van der Waals surface area (Å²) >= 11 is 5.81. The summed E-state index contributed by atoms with van der Waals surface area (Å²) in [5.41, 5.74) is 0.616. The Kier molecular flexibility index (Phi) is 5.80. The summed E-state index contributed by atoms with van der Waals surface area (Å²) in [5, 5.41) is 21.8. The number of rotatable bonds is 7. The third kappa shape index (κ3) is 4.68. The molecule has 0 fully saturated rings. The Balaban J connectivity index is 1.66. The zero-order valence-electron chi connectivity index (χ0n) is 14.1. The molecule has 8 nitrogen and oxygen atoms in total. The second kappa shape index (κ2) is 8.26. The van der Waals surface area contributed by atoms with Gasteiger partial charge in [0, 0.05) is 17.2 Å². The molecule has 27 heavy (non-hydrogen) atoms. The number of hydrogen-bond donors (Lipinski definition) is 1. The van der Waals surface area contributed by atoms with Gasteiger partial charge in [0.1, 0.15) is 0 Å². The van der Waals surface area contributed by atoms with Crippen LogP contribution in [-0.2, 0) is 17.9 Å². The van der Waals surface area contributed by atoms with Crippen molar-refractivity contribution in [2.45, 2.75) is 19.3 Å². The van der Waals surface area contributed by atoms with Gasteiger partial charge in [0.2, 0.25) is 0 Å². The Morgan fingerprint density at radius 3 is 2.70 bits per heavy atom. The Hall–Kier alpha value is -2.81. The fourth-order valence-electron chi connectivity index (χ4n) is 2.56. The number of aliphatic hydroxyl groups is 1. The van der Waals surface area contributed by atoms with Gasteiger partial charge in [-0.05, 0) is 23.8 Å². The van der Waals surface area contributed by atoms with E-state index < -0.39 is 16.6 Å². The molecule has 0 unspecified atom stereocenters. The lowest BCUT2D eigenvalue weighted by atomic mass is 10.2. The molecule has 0 spiro atoms. The minimum atomic E-state index is -0.937. The molecular formula is C18H16ClN3O5. The van der Waals surface area contributed by atoms with Crippen LogP contribution in [0.4, 0.5) is 5.69 Å². The summed E-state index contributed by atoms with van der Waals surface area (Å²) in [6, 6.07) is 11.0. The largest absolute Gasteiger partial charge is 0.389 e. The molecule has 2 aromatic carbocycles. The van der Waals surface area contributed by atoms with Crippen LogP contribution in [0.5, 0.6) is 0 Å². The average molecular weight is 390 g/mol. The quantitative estimate of drug-likeness (QED) is 0.491. The molecule has 1 aromatic heterocycles. The molecule has 3 aromatic rings. The second-order valence-corrected chi connectivity index (χ2v) is 6.39. The van der Waals surface area contributed by atoms with Crippen molar-refractivity contribution >= 4 is 28.2 Å². The van der Waals surface area contributed by atoms with Gasteiger partial charge >= 0.3 is 0 Å². The smallest absolute Gasteiger partial charge is 0.270 e. The number of nitro benzene ring substituents is 1. The predicted molar refractivity (Wildman–Crippen MR) is 99.8 cm³/mol. The summed E-state index contributed by atoms with van der Waals surface area (Å²) in [7, 11) is 0. The van der Waals surface area contributed by atoms with Crippen molar-refractivity contribution in [3.8, 4) is 0 Å². The number of aliphatic hydroxyl groups excluding tert-OH is 1. The molecule has 0 aliphatic heterocycles. The van der Waals surface area contributed by atoms with E-state index in [2.05, 4.69) is 4.98 Å². The number of hydrogen-bond acceptors (Lipinski definition) is 6. The normalized spacial score (nSPS) is 12.2. The molecule has 1 atom stereocenters. The van der Waals surface area contributed by atoms with Crippen molar-refractivity contribution in [3.63, 3.8) is 0 Å². The van der Waals surface area contributed by atoms with Crippen molar-refractivity contribution < 1.29 is 14.8 Å². The maximum Gasteiger partial charge on any atom is 0.270 e. The number of ether oxygens (including phenoxy) is 1. The first kappa shape index (κ1) is 19.0. The van der Waals surface area contributed by atoms with Crippen LogP contribution in [-0.4, -0.2) is 32.3 Å². The van der Waals surface area contributed by atoms with E-state index in [1.54, 1.807) is 12.1 Å². The zero-order chi connectivity index (χ0) is 19.4.